The number of rotatable bonds is 7. The van der Waals surface area contributed by atoms with Gasteiger partial charge in [-0.2, -0.15) is 0 Å². The molecule has 0 aromatic carbocycles. The largest absolute Gasteiger partial charge is 0.465 e. The van der Waals surface area contributed by atoms with Crippen molar-refractivity contribution in [1.82, 2.24) is 0 Å². The summed E-state index contributed by atoms with van der Waals surface area (Å²) in [5.74, 6) is -6.39. The van der Waals surface area contributed by atoms with Crippen molar-refractivity contribution < 1.29 is 32.2 Å². The molecule has 0 bridgehead atoms. The third-order valence-corrected chi connectivity index (χ3v) is 3.49. The number of carbonyl (C=O) groups excluding carboxylic acids is 2. The van der Waals surface area contributed by atoms with E-state index in [1.165, 1.54) is 0 Å². The zero-order valence-corrected chi connectivity index (χ0v) is 16.5. The zero-order valence-electron chi connectivity index (χ0n) is 16.5. The van der Waals surface area contributed by atoms with Gasteiger partial charge in [0.2, 0.25) is 0 Å². The first-order chi connectivity index (χ1) is 10.9. The van der Waals surface area contributed by atoms with Gasteiger partial charge in [-0.05, 0) is 24.7 Å². The van der Waals surface area contributed by atoms with E-state index in [1.807, 2.05) is 0 Å². The van der Waals surface area contributed by atoms with Crippen molar-refractivity contribution in [3.8, 4) is 0 Å². The van der Waals surface area contributed by atoms with E-state index in [4.69, 9.17) is 9.47 Å². The zero-order chi connectivity index (χ0) is 20.3. The van der Waals surface area contributed by atoms with Crippen molar-refractivity contribution in [2.75, 3.05) is 13.2 Å². The monoisotopic (exact) mass is 368 g/mol. The number of carbonyl (C=O) groups is 2. The minimum Gasteiger partial charge on any atom is -0.465 e. The number of alkyl halides is 3. The quantitative estimate of drug-likeness (QED) is 0.619. The van der Waals surface area contributed by atoms with Crippen LogP contribution in [0.2, 0.25) is 0 Å². The summed E-state index contributed by atoms with van der Waals surface area (Å²) in [6, 6.07) is 0. The fourth-order valence-electron chi connectivity index (χ4n) is 1.84. The topological polar surface area (TPSA) is 52.6 Å². The first kappa shape index (κ1) is 23.7. The van der Waals surface area contributed by atoms with E-state index in [9.17, 15) is 22.8 Å². The summed E-state index contributed by atoms with van der Waals surface area (Å²) >= 11 is 0. The smallest absolute Gasteiger partial charge is 0.318 e. The van der Waals surface area contributed by atoms with E-state index in [0.29, 0.717) is 6.92 Å². The predicted octanol–water partition coefficient (Wildman–Crippen LogP) is 4.55. The summed E-state index contributed by atoms with van der Waals surface area (Å²) in [6.45, 7) is 12.0. The van der Waals surface area contributed by atoms with Crippen LogP contribution in [-0.4, -0.2) is 37.2 Å². The molecule has 2 unspecified atom stereocenters. The van der Waals surface area contributed by atoms with Crippen molar-refractivity contribution in [2.45, 2.75) is 73.9 Å². The molecule has 2 atom stereocenters. The molecule has 0 saturated heterocycles. The van der Waals surface area contributed by atoms with Gasteiger partial charge in [-0.1, -0.05) is 41.5 Å². The molecule has 0 saturated carbocycles. The van der Waals surface area contributed by atoms with Crippen LogP contribution in [0, 0.1) is 16.2 Å². The van der Waals surface area contributed by atoms with Crippen LogP contribution < -0.4 is 0 Å². The Morgan fingerprint density at radius 1 is 0.880 bits per heavy atom. The van der Waals surface area contributed by atoms with Crippen LogP contribution in [0.1, 0.15) is 61.8 Å². The third kappa shape index (κ3) is 7.24. The maximum Gasteiger partial charge on any atom is 0.318 e. The summed E-state index contributed by atoms with van der Waals surface area (Å²) in [5, 5.41) is 0. The molecule has 0 radical (unpaired) electrons. The Morgan fingerprint density at radius 2 is 1.28 bits per heavy atom. The maximum atomic E-state index is 14.4. The highest BCUT2D eigenvalue weighted by Crippen LogP contribution is 2.45. The fourth-order valence-corrected chi connectivity index (χ4v) is 1.84. The van der Waals surface area contributed by atoms with Crippen molar-refractivity contribution in [2.24, 2.45) is 16.2 Å². The second-order valence-corrected chi connectivity index (χ2v) is 9.11. The molecule has 0 N–H and O–H groups in total. The Hall–Kier alpha value is -1.27. The summed E-state index contributed by atoms with van der Waals surface area (Å²) in [5.41, 5.74) is -3.48. The van der Waals surface area contributed by atoms with Gasteiger partial charge in [-0.25, -0.2) is 13.2 Å². The normalized spacial score (nSPS) is 16.8. The van der Waals surface area contributed by atoms with Crippen LogP contribution in [0.15, 0.2) is 0 Å². The fraction of sp³-hybridized carbons (Fsp3) is 0.889. The standard InChI is InChI=1S/C18H31F3O4/c1-12(19)18(20,21)17(8,14(23)25-11-16(5,6)7)9-13(22)24-10-15(2,3)4/h12H,9-11H2,1-8H3. The van der Waals surface area contributed by atoms with E-state index < -0.39 is 41.3 Å². The first-order valence-corrected chi connectivity index (χ1v) is 8.27. The number of halogens is 3. The SMILES string of the molecule is CC(F)C(F)(F)C(C)(CC(=O)OCC(C)(C)C)C(=O)OCC(C)(C)C. The Labute approximate surface area is 148 Å². The van der Waals surface area contributed by atoms with Gasteiger partial charge in [0, 0.05) is 0 Å². The molecular formula is C18H31F3O4. The van der Waals surface area contributed by atoms with Crippen molar-refractivity contribution in [3.63, 3.8) is 0 Å². The highest BCUT2D eigenvalue weighted by Gasteiger charge is 2.61. The second kappa shape index (κ2) is 7.96. The van der Waals surface area contributed by atoms with E-state index in [2.05, 4.69) is 0 Å². The van der Waals surface area contributed by atoms with E-state index >= 15 is 0 Å². The summed E-state index contributed by atoms with van der Waals surface area (Å²) in [6.07, 6.45) is -3.59. The van der Waals surface area contributed by atoms with Crippen LogP contribution in [0.25, 0.3) is 0 Å². The van der Waals surface area contributed by atoms with Gasteiger partial charge in [-0.3, -0.25) is 9.59 Å². The molecular weight excluding hydrogens is 337 g/mol. The van der Waals surface area contributed by atoms with Gasteiger partial charge in [0.05, 0.1) is 19.6 Å². The number of ether oxygens (including phenoxy) is 2. The molecule has 0 aliphatic carbocycles. The molecule has 0 spiro atoms. The van der Waals surface area contributed by atoms with Crippen molar-refractivity contribution in [1.29, 1.82) is 0 Å². The van der Waals surface area contributed by atoms with Gasteiger partial charge in [-0.15, -0.1) is 0 Å². The third-order valence-electron chi connectivity index (χ3n) is 3.49. The van der Waals surface area contributed by atoms with Gasteiger partial charge >= 0.3 is 11.9 Å². The van der Waals surface area contributed by atoms with Crippen molar-refractivity contribution >= 4 is 11.9 Å². The molecule has 0 rings (SSSR count). The molecule has 0 heterocycles. The molecule has 0 amide bonds. The van der Waals surface area contributed by atoms with Crippen molar-refractivity contribution in [3.05, 3.63) is 0 Å². The lowest BCUT2D eigenvalue weighted by Crippen LogP contribution is -2.52. The van der Waals surface area contributed by atoms with Gasteiger partial charge in [0.15, 0.2) is 6.17 Å². The lowest BCUT2D eigenvalue weighted by Gasteiger charge is -2.36. The molecule has 0 aliphatic rings. The Morgan fingerprint density at radius 3 is 1.64 bits per heavy atom. The van der Waals surface area contributed by atoms with E-state index in [1.54, 1.807) is 41.5 Å². The molecule has 0 aromatic rings. The Bertz CT molecular complexity index is 476. The number of hydrogen-bond donors (Lipinski definition) is 0. The van der Waals surface area contributed by atoms with Gasteiger partial charge in [0.1, 0.15) is 5.41 Å². The lowest BCUT2D eigenvalue weighted by molar-refractivity contribution is -0.204. The molecule has 4 nitrogen and oxygen atoms in total. The minimum atomic E-state index is -4.08. The van der Waals surface area contributed by atoms with Gasteiger partial charge in [0.25, 0.3) is 5.92 Å². The van der Waals surface area contributed by atoms with Crippen LogP contribution in [0.5, 0.6) is 0 Å². The predicted molar refractivity (Wildman–Crippen MR) is 89.1 cm³/mol. The second-order valence-electron chi connectivity index (χ2n) is 9.11. The molecule has 0 aromatic heterocycles. The van der Waals surface area contributed by atoms with Crippen LogP contribution in [0.4, 0.5) is 13.2 Å². The summed E-state index contributed by atoms with van der Waals surface area (Å²) in [4.78, 5) is 24.3. The van der Waals surface area contributed by atoms with Crippen LogP contribution >= 0.6 is 0 Å². The Kier molecular flexibility index (Phi) is 7.55. The number of esters is 2. The van der Waals surface area contributed by atoms with E-state index in [-0.39, 0.29) is 18.6 Å². The van der Waals surface area contributed by atoms with Gasteiger partial charge < -0.3 is 9.47 Å². The summed E-state index contributed by atoms with van der Waals surface area (Å²) < 4.78 is 52.3. The molecule has 0 fully saturated rings. The number of hydrogen-bond acceptors (Lipinski definition) is 4. The Balaban J connectivity index is 5.42. The lowest BCUT2D eigenvalue weighted by atomic mass is 9.78. The maximum absolute atomic E-state index is 14.4. The minimum absolute atomic E-state index is 0.00426. The molecule has 25 heavy (non-hydrogen) atoms. The average Bonchev–Trinajstić information content (AvgIpc) is 2.40. The highest BCUT2D eigenvalue weighted by molar-refractivity contribution is 5.84. The highest BCUT2D eigenvalue weighted by atomic mass is 19.3. The van der Waals surface area contributed by atoms with Crippen LogP contribution in [-0.2, 0) is 19.1 Å². The molecule has 7 heteroatoms. The summed E-state index contributed by atoms with van der Waals surface area (Å²) in [7, 11) is 0. The average molecular weight is 368 g/mol. The van der Waals surface area contributed by atoms with Crippen LogP contribution in [0.3, 0.4) is 0 Å². The van der Waals surface area contributed by atoms with E-state index in [0.717, 1.165) is 6.92 Å². The molecule has 0 aliphatic heterocycles. The first-order valence-electron chi connectivity index (χ1n) is 8.27. The molecule has 148 valence electrons.